The molecular weight excluding hydrogens is 319 g/mol. The Morgan fingerprint density at radius 2 is 1.80 bits per heavy atom. The van der Waals surface area contributed by atoms with Crippen LogP contribution in [0.25, 0.3) is 0 Å². The lowest BCUT2D eigenvalue weighted by Crippen LogP contribution is -2.22. The summed E-state index contributed by atoms with van der Waals surface area (Å²) in [6.45, 7) is 4.32. The highest BCUT2D eigenvalue weighted by Gasteiger charge is 2.09. The third kappa shape index (κ3) is 4.05. The molecule has 0 atom stereocenters. The van der Waals surface area contributed by atoms with E-state index in [4.69, 9.17) is 5.73 Å². The number of benzene rings is 2. The van der Waals surface area contributed by atoms with E-state index in [1.807, 2.05) is 36.4 Å². The third-order valence-electron chi connectivity index (χ3n) is 3.24. The molecule has 0 aromatic heterocycles. The van der Waals surface area contributed by atoms with Gasteiger partial charge in [-0.2, -0.15) is 0 Å². The summed E-state index contributed by atoms with van der Waals surface area (Å²) < 4.78 is 14.6. The number of halogens is 2. The molecule has 0 aliphatic heterocycles. The second-order valence-electron chi connectivity index (χ2n) is 4.78. The summed E-state index contributed by atoms with van der Waals surface area (Å²) in [4.78, 5) is 2.19. The van der Waals surface area contributed by atoms with Gasteiger partial charge in [-0.25, -0.2) is 4.39 Å². The molecular formula is C16H18BrFN2. The zero-order chi connectivity index (χ0) is 14.5. The van der Waals surface area contributed by atoms with Crippen LogP contribution in [0.5, 0.6) is 0 Å². The van der Waals surface area contributed by atoms with Gasteiger partial charge in [-0.3, -0.25) is 4.90 Å². The van der Waals surface area contributed by atoms with Gasteiger partial charge in [0.1, 0.15) is 5.82 Å². The topological polar surface area (TPSA) is 29.3 Å². The first-order valence-electron chi connectivity index (χ1n) is 6.59. The normalized spacial score (nSPS) is 11.0. The molecule has 0 bridgehead atoms. The van der Waals surface area contributed by atoms with Crippen LogP contribution in [-0.2, 0) is 13.1 Å². The highest BCUT2D eigenvalue weighted by Crippen LogP contribution is 2.18. The fraction of sp³-hybridized carbons (Fsp3) is 0.250. The van der Waals surface area contributed by atoms with Crippen molar-refractivity contribution in [2.24, 2.45) is 0 Å². The van der Waals surface area contributed by atoms with Crippen molar-refractivity contribution in [3.05, 3.63) is 63.9 Å². The molecule has 2 aromatic rings. The van der Waals surface area contributed by atoms with Gasteiger partial charge in [-0.05, 0) is 36.4 Å². The summed E-state index contributed by atoms with van der Waals surface area (Å²) in [6, 6.07) is 13.0. The molecule has 0 spiro atoms. The van der Waals surface area contributed by atoms with Gasteiger partial charge < -0.3 is 5.73 Å². The van der Waals surface area contributed by atoms with E-state index in [9.17, 15) is 4.39 Å². The summed E-state index contributed by atoms with van der Waals surface area (Å²) in [5.74, 6) is -0.171. The molecule has 0 aliphatic rings. The molecule has 0 amide bonds. The molecule has 0 saturated carbocycles. The molecule has 2 nitrogen and oxygen atoms in total. The number of nitrogen functional groups attached to an aromatic ring is 1. The highest BCUT2D eigenvalue weighted by atomic mass is 79.9. The minimum absolute atomic E-state index is 0.171. The van der Waals surface area contributed by atoms with Crippen molar-refractivity contribution in [2.75, 3.05) is 12.3 Å². The van der Waals surface area contributed by atoms with Crippen molar-refractivity contribution in [3.63, 3.8) is 0 Å². The van der Waals surface area contributed by atoms with Gasteiger partial charge in [-0.15, -0.1) is 0 Å². The van der Waals surface area contributed by atoms with E-state index in [-0.39, 0.29) is 5.82 Å². The van der Waals surface area contributed by atoms with E-state index in [0.29, 0.717) is 12.1 Å². The number of hydrogen-bond donors (Lipinski definition) is 1. The standard InChI is InChI=1S/C16H18BrFN2/c1-2-20(10-12-3-7-15(19)8-4-12)11-13-5-6-14(17)9-16(13)18/h3-9H,2,10-11,19H2,1H3. The molecule has 0 aliphatic carbocycles. The summed E-state index contributed by atoms with van der Waals surface area (Å²) in [5.41, 5.74) is 8.33. The Morgan fingerprint density at radius 1 is 1.10 bits per heavy atom. The fourth-order valence-corrected chi connectivity index (χ4v) is 2.38. The Labute approximate surface area is 127 Å². The Kier molecular flexibility index (Phi) is 5.15. The fourth-order valence-electron chi connectivity index (χ4n) is 2.05. The monoisotopic (exact) mass is 336 g/mol. The van der Waals surface area contributed by atoms with Crippen LogP contribution in [0.1, 0.15) is 18.1 Å². The van der Waals surface area contributed by atoms with E-state index in [1.165, 1.54) is 11.6 Å². The summed E-state index contributed by atoms with van der Waals surface area (Å²) in [5, 5.41) is 0. The maximum absolute atomic E-state index is 13.9. The molecule has 2 N–H and O–H groups in total. The number of rotatable bonds is 5. The summed E-state index contributed by atoms with van der Waals surface area (Å²) in [6.07, 6.45) is 0. The van der Waals surface area contributed by atoms with Crippen molar-refractivity contribution in [3.8, 4) is 0 Å². The molecule has 20 heavy (non-hydrogen) atoms. The van der Waals surface area contributed by atoms with Gasteiger partial charge in [-0.1, -0.05) is 41.1 Å². The maximum atomic E-state index is 13.9. The number of nitrogens with two attached hydrogens (primary N) is 1. The Bertz CT molecular complexity index is 569. The predicted octanol–water partition coefficient (Wildman–Crippen LogP) is 4.19. The second-order valence-corrected chi connectivity index (χ2v) is 5.70. The lowest BCUT2D eigenvalue weighted by atomic mass is 10.1. The zero-order valence-electron chi connectivity index (χ0n) is 11.4. The minimum atomic E-state index is -0.171. The average Bonchev–Trinajstić information content (AvgIpc) is 2.43. The van der Waals surface area contributed by atoms with Crippen molar-refractivity contribution in [2.45, 2.75) is 20.0 Å². The first-order valence-corrected chi connectivity index (χ1v) is 7.38. The molecule has 0 unspecified atom stereocenters. The van der Waals surface area contributed by atoms with Crippen LogP contribution < -0.4 is 5.73 Å². The van der Waals surface area contributed by atoms with Gasteiger partial charge in [0, 0.05) is 28.8 Å². The zero-order valence-corrected chi connectivity index (χ0v) is 13.0. The lowest BCUT2D eigenvalue weighted by molar-refractivity contribution is 0.267. The van der Waals surface area contributed by atoms with Crippen LogP contribution in [0.15, 0.2) is 46.9 Å². The van der Waals surface area contributed by atoms with Crippen LogP contribution in [0, 0.1) is 5.82 Å². The number of hydrogen-bond acceptors (Lipinski definition) is 2. The summed E-state index contributed by atoms with van der Waals surface area (Å²) in [7, 11) is 0. The lowest BCUT2D eigenvalue weighted by Gasteiger charge is -2.21. The molecule has 0 radical (unpaired) electrons. The summed E-state index contributed by atoms with van der Waals surface area (Å²) >= 11 is 3.27. The second kappa shape index (κ2) is 6.86. The van der Waals surface area contributed by atoms with Crippen LogP contribution in [0.4, 0.5) is 10.1 Å². The van der Waals surface area contributed by atoms with Crippen LogP contribution in [0.3, 0.4) is 0 Å². The van der Waals surface area contributed by atoms with Crippen molar-refractivity contribution in [1.82, 2.24) is 4.90 Å². The van der Waals surface area contributed by atoms with Crippen molar-refractivity contribution < 1.29 is 4.39 Å². The smallest absolute Gasteiger partial charge is 0.128 e. The van der Waals surface area contributed by atoms with E-state index >= 15 is 0 Å². The predicted molar refractivity (Wildman–Crippen MR) is 84.7 cm³/mol. The van der Waals surface area contributed by atoms with Gasteiger partial charge in [0.25, 0.3) is 0 Å². The van der Waals surface area contributed by atoms with Gasteiger partial charge >= 0.3 is 0 Å². The molecule has 2 aromatic carbocycles. The molecule has 2 rings (SSSR count). The van der Waals surface area contributed by atoms with Crippen molar-refractivity contribution >= 4 is 21.6 Å². The molecule has 0 fully saturated rings. The van der Waals surface area contributed by atoms with E-state index in [1.54, 1.807) is 0 Å². The van der Waals surface area contributed by atoms with E-state index < -0.39 is 0 Å². The average molecular weight is 337 g/mol. The van der Waals surface area contributed by atoms with E-state index in [0.717, 1.165) is 23.2 Å². The van der Waals surface area contributed by atoms with Crippen LogP contribution in [-0.4, -0.2) is 11.4 Å². The first kappa shape index (κ1) is 15.0. The Balaban J connectivity index is 2.07. The first-order chi connectivity index (χ1) is 9.58. The van der Waals surface area contributed by atoms with Gasteiger partial charge in [0.15, 0.2) is 0 Å². The van der Waals surface area contributed by atoms with E-state index in [2.05, 4.69) is 27.8 Å². The Morgan fingerprint density at radius 3 is 2.40 bits per heavy atom. The number of nitrogens with zero attached hydrogens (tertiary/aromatic N) is 1. The Hall–Kier alpha value is -1.39. The largest absolute Gasteiger partial charge is 0.399 e. The van der Waals surface area contributed by atoms with Crippen LogP contribution in [0.2, 0.25) is 0 Å². The minimum Gasteiger partial charge on any atom is -0.399 e. The van der Waals surface area contributed by atoms with Gasteiger partial charge in [0.05, 0.1) is 0 Å². The molecule has 0 heterocycles. The quantitative estimate of drug-likeness (QED) is 0.829. The molecule has 0 saturated heterocycles. The number of anilines is 1. The maximum Gasteiger partial charge on any atom is 0.128 e. The van der Waals surface area contributed by atoms with Gasteiger partial charge in [0.2, 0.25) is 0 Å². The SMILES string of the molecule is CCN(Cc1ccc(N)cc1)Cc1ccc(Br)cc1F. The highest BCUT2D eigenvalue weighted by molar-refractivity contribution is 9.10. The van der Waals surface area contributed by atoms with Crippen LogP contribution >= 0.6 is 15.9 Å². The third-order valence-corrected chi connectivity index (χ3v) is 3.74. The van der Waals surface area contributed by atoms with Crippen molar-refractivity contribution in [1.29, 1.82) is 0 Å². The molecule has 106 valence electrons. The molecule has 4 heteroatoms.